The second kappa shape index (κ2) is 6.89. The molecule has 0 unspecified atom stereocenters. The number of rotatable bonds is 2. The fraction of sp³-hybridized carbons (Fsp3) is 0. The van der Waals surface area contributed by atoms with Crippen molar-refractivity contribution in [2.45, 2.75) is 0 Å². The first-order chi connectivity index (χ1) is 5.82. The van der Waals surface area contributed by atoms with Gasteiger partial charge in [-0.15, -0.1) is 0 Å². The van der Waals surface area contributed by atoms with Crippen molar-refractivity contribution in [1.82, 2.24) is 0 Å². The minimum absolute atomic E-state index is 0.833. The third kappa shape index (κ3) is 10.2. The predicted molar refractivity (Wildman–Crippen MR) is 35.8 cm³/mol. The number of carbonyl (C=O) groups is 2. The van der Waals surface area contributed by atoms with Gasteiger partial charge in [0, 0.05) is 6.08 Å². The van der Waals surface area contributed by atoms with Crippen LogP contribution in [0.15, 0.2) is 24.6 Å². The number of carboxylic acids is 2. The molecule has 13 heavy (non-hydrogen) atoms. The molecule has 0 aromatic carbocycles. The largest absolute Gasteiger partial charge is 0.478 e. The topological polar surface area (TPSA) is 74.6 Å². The molecule has 0 radical (unpaired) electrons. The van der Waals surface area contributed by atoms with Crippen LogP contribution in [-0.2, 0) is 9.59 Å². The van der Waals surface area contributed by atoms with Crippen LogP contribution >= 0.6 is 0 Å². The van der Waals surface area contributed by atoms with Gasteiger partial charge in [-0.3, -0.25) is 0 Å². The zero-order chi connectivity index (χ0) is 11.0. The Kier molecular flexibility index (Phi) is 7.30. The number of carboxylic acid groups (broad SMARTS) is 2. The van der Waals surface area contributed by atoms with Gasteiger partial charge in [0.1, 0.15) is 0 Å². The normalized spacial score (nSPS) is 7.62. The molecule has 0 aromatic heterocycles. The van der Waals surface area contributed by atoms with Gasteiger partial charge in [0.25, 0.3) is 5.83 Å². The van der Waals surface area contributed by atoms with E-state index in [-0.39, 0.29) is 0 Å². The summed E-state index contributed by atoms with van der Waals surface area (Å²) in [5.74, 6) is -5.62. The number of aliphatic carboxylic acids is 2. The summed E-state index contributed by atoms with van der Waals surface area (Å²) >= 11 is 0. The van der Waals surface area contributed by atoms with E-state index in [1.807, 2.05) is 0 Å². The highest BCUT2D eigenvalue weighted by atomic mass is 19.3. The maximum absolute atomic E-state index is 11.2. The van der Waals surface area contributed by atoms with Gasteiger partial charge >= 0.3 is 18.0 Å². The smallest absolute Gasteiger partial charge is 0.370 e. The number of halogens is 3. The van der Waals surface area contributed by atoms with E-state index in [0.717, 1.165) is 6.08 Å². The molecule has 0 aromatic rings. The van der Waals surface area contributed by atoms with Crippen LogP contribution in [0.25, 0.3) is 0 Å². The summed E-state index contributed by atoms with van der Waals surface area (Å²) in [6.45, 7) is 2.96. The molecule has 4 nitrogen and oxygen atoms in total. The highest BCUT2D eigenvalue weighted by Crippen LogP contribution is 2.07. The molecule has 0 bridgehead atoms. The zero-order valence-electron chi connectivity index (χ0n) is 6.13. The second-order valence-corrected chi connectivity index (χ2v) is 1.42. The van der Waals surface area contributed by atoms with Crippen LogP contribution < -0.4 is 0 Å². The summed E-state index contributed by atoms with van der Waals surface area (Å²) in [6.07, 6.45) is -1.97. The Morgan fingerprint density at radius 3 is 1.46 bits per heavy atom. The fourth-order valence-corrected chi connectivity index (χ4v) is 0.0808. The number of hydrogen-bond donors (Lipinski definition) is 2. The van der Waals surface area contributed by atoms with Crippen molar-refractivity contribution in [2.75, 3.05) is 0 Å². The Balaban J connectivity index is 0. The molecule has 0 spiro atoms. The average molecular weight is 198 g/mol. The van der Waals surface area contributed by atoms with Gasteiger partial charge in [0.05, 0.1) is 0 Å². The van der Waals surface area contributed by atoms with Crippen molar-refractivity contribution in [3.05, 3.63) is 24.6 Å². The van der Waals surface area contributed by atoms with E-state index < -0.39 is 23.8 Å². The third-order valence-corrected chi connectivity index (χ3v) is 0.528. The van der Waals surface area contributed by atoms with Crippen LogP contribution in [0.2, 0.25) is 0 Å². The van der Waals surface area contributed by atoms with Gasteiger partial charge in [-0.25, -0.2) is 9.59 Å². The highest BCUT2D eigenvalue weighted by molar-refractivity contribution is 5.84. The summed E-state index contributed by atoms with van der Waals surface area (Å²) in [6, 6.07) is 0. The molecule has 74 valence electrons. The van der Waals surface area contributed by atoms with Gasteiger partial charge in [0.15, 0.2) is 0 Å². The van der Waals surface area contributed by atoms with Gasteiger partial charge in [-0.2, -0.15) is 13.2 Å². The second-order valence-electron chi connectivity index (χ2n) is 1.42. The van der Waals surface area contributed by atoms with Gasteiger partial charge in [-0.05, 0) is 0 Å². The first-order valence-corrected chi connectivity index (χ1v) is 2.62. The molecule has 0 saturated heterocycles. The van der Waals surface area contributed by atoms with Crippen LogP contribution in [0.3, 0.4) is 0 Å². The molecule has 0 aliphatic carbocycles. The maximum Gasteiger partial charge on any atom is 0.370 e. The highest BCUT2D eigenvalue weighted by Gasteiger charge is 2.12. The Morgan fingerprint density at radius 2 is 1.46 bits per heavy atom. The van der Waals surface area contributed by atoms with Crippen molar-refractivity contribution in [2.24, 2.45) is 0 Å². The van der Waals surface area contributed by atoms with Crippen LogP contribution in [0.4, 0.5) is 13.2 Å². The molecule has 2 N–H and O–H groups in total. The molecule has 0 saturated carbocycles. The predicted octanol–water partition coefficient (Wildman–Crippen LogP) is 1.41. The van der Waals surface area contributed by atoms with E-state index in [1.165, 1.54) is 0 Å². The molecule has 0 aliphatic heterocycles. The lowest BCUT2D eigenvalue weighted by atomic mass is 10.6. The molecule has 0 rings (SSSR count). The molecule has 0 amide bonds. The Labute approximate surface area is 70.6 Å². The van der Waals surface area contributed by atoms with E-state index in [9.17, 15) is 22.8 Å². The van der Waals surface area contributed by atoms with Crippen molar-refractivity contribution in [1.29, 1.82) is 0 Å². The van der Waals surface area contributed by atoms with Crippen LogP contribution in [0.5, 0.6) is 0 Å². The quantitative estimate of drug-likeness (QED) is 0.657. The Hall–Kier alpha value is -1.79. The minimum Gasteiger partial charge on any atom is -0.478 e. The van der Waals surface area contributed by atoms with E-state index in [1.54, 1.807) is 0 Å². The van der Waals surface area contributed by atoms with E-state index in [2.05, 4.69) is 6.58 Å². The average Bonchev–Trinajstić information content (AvgIpc) is 2.03. The van der Waals surface area contributed by atoms with E-state index >= 15 is 0 Å². The standard InChI is InChI=1S/C3HF3O2.C3H4O2/c4-1(2(5)6)3(7)8;1-2-3(4)5/h(H,7,8);2H,1H2,(H,4,5). The summed E-state index contributed by atoms with van der Waals surface area (Å²) in [7, 11) is 0. The third-order valence-electron chi connectivity index (χ3n) is 0.528. The van der Waals surface area contributed by atoms with Crippen LogP contribution in [0.1, 0.15) is 0 Å². The van der Waals surface area contributed by atoms with Crippen molar-refractivity contribution < 1.29 is 33.0 Å². The van der Waals surface area contributed by atoms with Crippen molar-refractivity contribution in [3.8, 4) is 0 Å². The first-order valence-electron chi connectivity index (χ1n) is 2.62. The Morgan fingerprint density at radius 1 is 1.15 bits per heavy atom. The van der Waals surface area contributed by atoms with E-state index in [0.29, 0.717) is 0 Å². The number of hydrogen-bond acceptors (Lipinski definition) is 2. The molecular weight excluding hydrogens is 193 g/mol. The van der Waals surface area contributed by atoms with Gasteiger partial charge in [-0.1, -0.05) is 6.58 Å². The lowest BCUT2D eigenvalue weighted by Crippen LogP contribution is -1.94. The molecule has 0 aliphatic rings. The molecule has 0 heterocycles. The molecule has 0 fully saturated rings. The van der Waals surface area contributed by atoms with Gasteiger partial charge < -0.3 is 10.2 Å². The Bertz CT molecular complexity index is 242. The van der Waals surface area contributed by atoms with E-state index in [4.69, 9.17) is 10.2 Å². The van der Waals surface area contributed by atoms with Crippen LogP contribution in [0, 0.1) is 0 Å². The monoisotopic (exact) mass is 198 g/mol. The summed E-state index contributed by atoms with van der Waals surface area (Å²) in [5, 5.41) is 15.0. The fourth-order valence-electron chi connectivity index (χ4n) is 0.0808. The molecule has 0 atom stereocenters. The lowest BCUT2D eigenvalue weighted by Gasteiger charge is -1.81. The van der Waals surface area contributed by atoms with Gasteiger partial charge in [0.2, 0.25) is 0 Å². The first kappa shape index (κ1) is 13.8. The SMILES string of the molecule is C=CC(=O)O.O=C(O)C(F)=C(F)F. The van der Waals surface area contributed by atoms with Crippen LogP contribution in [-0.4, -0.2) is 22.2 Å². The summed E-state index contributed by atoms with van der Waals surface area (Å²) in [4.78, 5) is 18.5. The van der Waals surface area contributed by atoms with Crippen molar-refractivity contribution in [3.63, 3.8) is 0 Å². The lowest BCUT2D eigenvalue weighted by molar-refractivity contribution is -0.134. The zero-order valence-corrected chi connectivity index (χ0v) is 6.13. The summed E-state index contributed by atoms with van der Waals surface area (Å²) in [5.41, 5.74) is 0. The summed E-state index contributed by atoms with van der Waals surface area (Å²) < 4.78 is 32.8. The minimum atomic E-state index is -2.81. The molecular formula is C6H5F3O4. The van der Waals surface area contributed by atoms with Crippen molar-refractivity contribution >= 4 is 11.9 Å². The maximum atomic E-state index is 11.2. The molecule has 7 heteroatoms.